The molecule has 2 bridgehead atoms. The molecule has 0 aromatic heterocycles. The smallest absolute Gasteiger partial charge is 0.258 e. The summed E-state index contributed by atoms with van der Waals surface area (Å²) >= 11 is 1.92. The molecular weight excluding hydrogens is 376 g/mol. The molecule has 1 spiro atoms. The van der Waals surface area contributed by atoms with E-state index in [4.69, 9.17) is 9.47 Å². The molecule has 5 aliphatic rings. The first-order valence-corrected chi connectivity index (χ1v) is 11.3. The Morgan fingerprint density at radius 3 is 2.86 bits per heavy atom. The first-order chi connectivity index (χ1) is 13.6. The average molecular weight is 403 g/mol. The monoisotopic (exact) mass is 402 g/mol. The van der Waals surface area contributed by atoms with Crippen LogP contribution in [0.3, 0.4) is 0 Å². The predicted octanol–water partition coefficient (Wildman–Crippen LogP) is 2.53. The maximum absolute atomic E-state index is 13.1. The zero-order valence-electron chi connectivity index (χ0n) is 16.1. The standard InChI is InChI=1S/C21H26N2O4S/c1-26-15-4-5-16-18(11-15)27-21(22-19(16)24)12-13-2-3-14(21)10-17(13)20(25)23-6-8-28-9-7-23/h4-5,11,13-14,17H,2-3,6-10,12H2,1H3,(H,22,24). The molecule has 4 fully saturated rings. The van der Waals surface area contributed by atoms with Crippen molar-refractivity contribution in [2.75, 3.05) is 31.7 Å². The molecule has 4 atom stereocenters. The fourth-order valence-electron chi connectivity index (χ4n) is 5.44. The Morgan fingerprint density at radius 2 is 2.14 bits per heavy atom. The van der Waals surface area contributed by atoms with Crippen LogP contribution in [0.2, 0.25) is 0 Å². The van der Waals surface area contributed by atoms with E-state index in [0.717, 1.165) is 43.9 Å². The molecular formula is C21H26N2O4S. The van der Waals surface area contributed by atoms with Crippen molar-refractivity contribution in [3.05, 3.63) is 23.8 Å². The van der Waals surface area contributed by atoms with Gasteiger partial charge in [0.2, 0.25) is 5.91 Å². The Kier molecular flexibility index (Phi) is 4.45. The van der Waals surface area contributed by atoms with Crippen LogP contribution in [0.25, 0.3) is 0 Å². The molecule has 3 saturated carbocycles. The summed E-state index contributed by atoms with van der Waals surface area (Å²) in [5.74, 6) is 4.06. The van der Waals surface area contributed by atoms with E-state index >= 15 is 0 Å². The molecule has 6 rings (SSSR count). The topological polar surface area (TPSA) is 67.9 Å². The Hall–Kier alpha value is -1.89. The van der Waals surface area contributed by atoms with Gasteiger partial charge in [0, 0.05) is 48.9 Å². The van der Waals surface area contributed by atoms with Gasteiger partial charge in [-0.15, -0.1) is 0 Å². The molecule has 1 aromatic rings. The van der Waals surface area contributed by atoms with E-state index in [1.807, 2.05) is 11.8 Å². The van der Waals surface area contributed by atoms with Crippen LogP contribution in [-0.4, -0.2) is 54.1 Å². The minimum atomic E-state index is -0.687. The first-order valence-electron chi connectivity index (χ1n) is 10.2. The number of nitrogens with zero attached hydrogens (tertiary/aromatic N) is 1. The maximum atomic E-state index is 13.1. The van der Waals surface area contributed by atoms with Gasteiger partial charge in [-0.05, 0) is 37.3 Å². The lowest BCUT2D eigenvalue weighted by Gasteiger charge is -2.55. The highest BCUT2D eigenvalue weighted by molar-refractivity contribution is 7.99. The molecule has 4 unspecified atom stereocenters. The molecule has 2 aliphatic heterocycles. The Bertz CT molecular complexity index is 810. The fourth-order valence-corrected chi connectivity index (χ4v) is 6.34. The summed E-state index contributed by atoms with van der Waals surface area (Å²) in [6.45, 7) is 1.73. The van der Waals surface area contributed by atoms with Crippen molar-refractivity contribution in [2.45, 2.75) is 31.4 Å². The van der Waals surface area contributed by atoms with Crippen LogP contribution in [0.5, 0.6) is 11.5 Å². The quantitative estimate of drug-likeness (QED) is 0.823. The van der Waals surface area contributed by atoms with Crippen LogP contribution in [0.1, 0.15) is 36.0 Å². The lowest BCUT2D eigenvalue weighted by Crippen LogP contribution is -2.67. The zero-order valence-corrected chi connectivity index (χ0v) is 16.9. The Labute approximate surface area is 169 Å². The fraction of sp³-hybridized carbons (Fsp3) is 0.619. The van der Waals surface area contributed by atoms with Gasteiger partial charge < -0.3 is 19.7 Å². The van der Waals surface area contributed by atoms with Gasteiger partial charge in [0.05, 0.1) is 12.7 Å². The van der Waals surface area contributed by atoms with Gasteiger partial charge >= 0.3 is 0 Å². The van der Waals surface area contributed by atoms with Gasteiger partial charge in [0.15, 0.2) is 5.72 Å². The van der Waals surface area contributed by atoms with E-state index in [1.165, 1.54) is 0 Å². The number of carbonyl (C=O) groups excluding carboxylic acids is 2. The molecule has 2 heterocycles. The van der Waals surface area contributed by atoms with Gasteiger partial charge in [-0.25, -0.2) is 0 Å². The molecule has 0 radical (unpaired) electrons. The number of fused-ring (bicyclic) bond motifs is 3. The molecule has 3 aliphatic carbocycles. The Balaban J connectivity index is 1.38. The van der Waals surface area contributed by atoms with Crippen LogP contribution < -0.4 is 14.8 Å². The Morgan fingerprint density at radius 1 is 1.32 bits per heavy atom. The van der Waals surface area contributed by atoms with Crippen LogP contribution in [0.15, 0.2) is 18.2 Å². The van der Waals surface area contributed by atoms with E-state index in [1.54, 1.807) is 25.3 Å². The second-order valence-electron chi connectivity index (χ2n) is 8.33. The third kappa shape index (κ3) is 2.86. The number of benzene rings is 1. The summed E-state index contributed by atoms with van der Waals surface area (Å²) in [4.78, 5) is 28.0. The highest BCUT2D eigenvalue weighted by atomic mass is 32.2. The third-order valence-corrected chi connectivity index (χ3v) is 7.85. The van der Waals surface area contributed by atoms with Crippen molar-refractivity contribution in [3.63, 3.8) is 0 Å². The van der Waals surface area contributed by atoms with Crippen LogP contribution in [0, 0.1) is 17.8 Å². The SMILES string of the molecule is COc1ccc2c(c1)OC1(CC3CCC1CC3C(=O)N1CCSCC1)NC2=O. The lowest BCUT2D eigenvalue weighted by atomic mass is 9.59. The number of carbonyl (C=O) groups is 2. The summed E-state index contributed by atoms with van der Waals surface area (Å²) in [5, 5.41) is 3.17. The molecule has 2 amide bonds. The normalized spacial score (nSPS) is 33.8. The summed E-state index contributed by atoms with van der Waals surface area (Å²) < 4.78 is 11.7. The second kappa shape index (κ2) is 6.87. The van der Waals surface area contributed by atoms with Gasteiger partial charge in [0.25, 0.3) is 5.91 Å². The number of amides is 2. The van der Waals surface area contributed by atoms with E-state index in [0.29, 0.717) is 29.4 Å². The summed E-state index contributed by atoms with van der Waals surface area (Å²) in [6, 6.07) is 5.32. The molecule has 7 heteroatoms. The molecule has 1 saturated heterocycles. The largest absolute Gasteiger partial charge is 0.497 e. The molecule has 28 heavy (non-hydrogen) atoms. The molecule has 1 aromatic carbocycles. The second-order valence-corrected chi connectivity index (χ2v) is 9.55. The van der Waals surface area contributed by atoms with Crippen molar-refractivity contribution in [1.82, 2.24) is 10.2 Å². The minimum absolute atomic E-state index is 0.0692. The number of nitrogens with one attached hydrogen (secondary N) is 1. The summed E-state index contributed by atoms with van der Waals surface area (Å²) in [5.41, 5.74) is -0.139. The maximum Gasteiger partial charge on any atom is 0.258 e. The number of methoxy groups -OCH3 is 1. The van der Waals surface area contributed by atoms with Crippen LogP contribution >= 0.6 is 11.8 Å². The summed E-state index contributed by atoms with van der Waals surface area (Å²) in [7, 11) is 1.61. The highest BCUT2D eigenvalue weighted by Crippen LogP contribution is 2.53. The van der Waals surface area contributed by atoms with Crippen molar-refractivity contribution < 1.29 is 19.1 Å². The number of hydrogen-bond acceptors (Lipinski definition) is 5. The first kappa shape index (κ1) is 18.2. The molecule has 6 nitrogen and oxygen atoms in total. The van der Waals surface area contributed by atoms with E-state index in [9.17, 15) is 9.59 Å². The van der Waals surface area contributed by atoms with Gasteiger partial charge in [-0.1, -0.05) is 0 Å². The van der Waals surface area contributed by atoms with Gasteiger partial charge in [-0.2, -0.15) is 11.8 Å². The molecule has 1 N–H and O–H groups in total. The number of thioether (sulfide) groups is 1. The number of hydrogen-bond donors (Lipinski definition) is 1. The van der Waals surface area contributed by atoms with Crippen molar-refractivity contribution >= 4 is 23.6 Å². The van der Waals surface area contributed by atoms with Crippen molar-refractivity contribution in [3.8, 4) is 11.5 Å². The van der Waals surface area contributed by atoms with Crippen molar-refractivity contribution in [2.24, 2.45) is 17.8 Å². The van der Waals surface area contributed by atoms with E-state index in [-0.39, 0.29) is 23.7 Å². The van der Waals surface area contributed by atoms with Gasteiger partial charge in [0.1, 0.15) is 11.5 Å². The predicted molar refractivity (Wildman–Crippen MR) is 107 cm³/mol. The van der Waals surface area contributed by atoms with E-state index in [2.05, 4.69) is 10.2 Å². The third-order valence-electron chi connectivity index (χ3n) is 6.91. The zero-order chi connectivity index (χ0) is 19.3. The average Bonchev–Trinajstić information content (AvgIpc) is 2.73. The van der Waals surface area contributed by atoms with E-state index < -0.39 is 5.72 Å². The van der Waals surface area contributed by atoms with Crippen molar-refractivity contribution in [1.29, 1.82) is 0 Å². The van der Waals surface area contributed by atoms with Gasteiger partial charge in [-0.3, -0.25) is 9.59 Å². The van der Waals surface area contributed by atoms with Crippen LogP contribution in [-0.2, 0) is 4.79 Å². The molecule has 150 valence electrons. The number of ether oxygens (including phenoxy) is 2. The lowest BCUT2D eigenvalue weighted by molar-refractivity contribution is -0.155. The van der Waals surface area contributed by atoms with Crippen LogP contribution in [0.4, 0.5) is 0 Å². The highest BCUT2D eigenvalue weighted by Gasteiger charge is 2.57. The number of rotatable bonds is 2. The minimum Gasteiger partial charge on any atom is -0.497 e. The summed E-state index contributed by atoms with van der Waals surface area (Å²) in [6.07, 6.45) is 3.53.